The molecule has 0 saturated carbocycles. The fourth-order valence-corrected chi connectivity index (χ4v) is 3.51. The monoisotopic (exact) mass is 548 g/mol. The Balaban J connectivity index is 0.00000385. The summed E-state index contributed by atoms with van der Waals surface area (Å²) in [7, 11) is -4.85. The Morgan fingerprint density at radius 3 is 2.51 bits per heavy atom. The number of fused-ring (bicyclic) bond motifs is 1. The van der Waals surface area contributed by atoms with Gasteiger partial charge in [-0.15, -0.1) is 0 Å². The Hall–Kier alpha value is 0.570. The Morgan fingerprint density at radius 2 is 1.94 bits per heavy atom. The van der Waals surface area contributed by atoms with Gasteiger partial charge in [-0.25, -0.2) is 14.3 Å². The topological polar surface area (TPSA) is 250 Å². The van der Waals surface area contributed by atoms with E-state index in [0.29, 0.717) is 0 Å². The zero-order chi connectivity index (χ0) is 23.6. The van der Waals surface area contributed by atoms with E-state index in [9.17, 15) is 29.5 Å². The molecule has 1 aliphatic heterocycles. The predicted molar refractivity (Wildman–Crippen MR) is 103 cm³/mol. The van der Waals surface area contributed by atoms with Crippen molar-refractivity contribution in [2.45, 2.75) is 43.4 Å². The third kappa shape index (κ3) is 9.07. The quantitative estimate of drug-likeness (QED) is 0.101. The first-order valence-corrected chi connectivity index (χ1v) is 10.8. The first kappa shape index (κ1) is 35.6. The molecule has 0 amide bonds. The molecular formula is C15H22N5Na3O11P+3. The van der Waals surface area contributed by atoms with Crippen LogP contribution < -0.4 is 99.5 Å². The number of nitrogens with zero attached hydrogens (tertiary/aromatic N) is 3. The second kappa shape index (κ2) is 15.2. The van der Waals surface area contributed by atoms with Crippen LogP contribution >= 0.6 is 7.82 Å². The van der Waals surface area contributed by atoms with E-state index in [0.717, 1.165) is 10.9 Å². The van der Waals surface area contributed by atoms with Crippen LogP contribution in [0.2, 0.25) is 0 Å². The molecule has 0 radical (unpaired) electrons. The molecule has 3 heterocycles. The molecule has 16 nitrogen and oxygen atoms in total. The van der Waals surface area contributed by atoms with Gasteiger partial charge in [0.1, 0.15) is 24.4 Å². The summed E-state index contributed by atoms with van der Waals surface area (Å²) in [4.78, 5) is 51.7. The van der Waals surface area contributed by atoms with Crippen molar-refractivity contribution in [3.63, 3.8) is 0 Å². The van der Waals surface area contributed by atoms with Crippen LogP contribution in [0.25, 0.3) is 11.2 Å². The zero-order valence-corrected chi connectivity index (χ0v) is 26.2. The number of aromatic nitrogens is 4. The van der Waals surface area contributed by atoms with Gasteiger partial charge in [-0.1, -0.05) is 0 Å². The van der Waals surface area contributed by atoms with Gasteiger partial charge in [0, 0.05) is 6.61 Å². The minimum Gasteiger partial charge on any atom is -0.480 e. The molecule has 1 aliphatic rings. The standard InChI is InChI=1S/C15H22N5O11P.3Na/c21-3-1-2-6(14(25)26)17-15-18-11-8(12(24)19-15)16-5-20(11)13-10(23)9(22)7(31-13)4-30-32(27,28)29;;;/h5-7,9-10,13,21-23H,1-4H2,(H,25,26)(H2,27,28,29)(H2,17,18,19,24);;;/q;3*+1/t6-,7-,9-,10-,13-;;;/m1.../s1. The minimum atomic E-state index is -4.85. The number of carbonyl (C=O) groups is 1. The van der Waals surface area contributed by atoms with Crippen molar-refractivity contribution < 1.29 is 138 Å². The zero-order valence-electron chi connectivity index (χ0n) is 19.3. The number of anilines is 1. The van der Waals surface area contributed by atoms with Gasteiger partial charge in [-0.2, -0.15) is 4.98 Å². The van der Waals surface area contributed by atoms with Gasteiger partial charge >= 0.3 is 102 Å². The largest absolute Gasteiger partial charge is 1.00 e. The number of hydrogen-bond acceptors (Lipinski definition) is 11. The molecule has 0 unspecified atom stereocenters. The van der Waals surface area contributed by atoms with E-state index in [4.69, 9.17) is 19.6 Å². The first-order chi connectivity index (χ1) is 15.0. The van der Waals surface area contributed by atoms with Crippen LogP contribution in [0.5, 0.6) is 0 Å². The number of aliphatic hydroxyl groups is 3. The van der Waals surface area contributed by atoms with E-state index in [-0.39, 0.29) is 125 Å². The minimum absolute atomic E-state index is 0. The second-order valence-corrected chi connectivity index (χ2v) is 8.21. The van der Waals surface area contributed by atoms with Gasteiger partial charge in [0.05, 0.1) is 12.9 Å². The summed E-state index contributed by atoms with van der Waals surface area (Å²) in [6, 6.07) is -1.16. The number of hydrogen-bond donors (Lipinski definition) is 8. The van der Waals surface area contributed by atoms with E-state index in [1.54, 1.807) is 0 Å². The van der Waals surface area contributed by atoms with Crippen molar-refractivity contribution in [1.82, 2.24) is 19.5 Å². The van der Waals surface area contributed by atoms with Gasteiger partial charge in [-0.3, -0.25) is 18.9 Å². The summed E-state index contributed by atoms with van der Waals surface area (Å²) < 4.78 is 21.8. The van der Waals surface area contributed by atoms with Crippen LogP contribution in [0, 0.1) is 0 Å². The SMILES string of the molecule is O=C(O)[C@@H](CCCO)Nc1nc2c(ncn2[C@@H]2O[C@H](COP(=O)(O)O)[C@@H](O)[C@H]2O)c(=O)[nH]1.[Na+].[Na+].[Na+]. The fraction of sp³-hybridized carbons (Fsp3) is 0.600. The second-order valence-electron chi connectivity index (χ2n) is 6.97. The van der Waals surface area contributed by atoms with Crippen LogP contribution in [0.4, 0.5) is 5.95 Å². The molecule has 5 atom stereocenters. The van der Waals surface area contributed by atoms with Crippen LogP contribution in [-0.2, 0) is 18.6 Å². The van der Waals surface area contributed by atoms with Gasteiger partial charge in [0.2, 0.25) is 5.95 Å². The van der Waals surface area contributed by atoms with E-state index < -0.39 is 56.5 Å². The normalized spacial score (nSPS) is 22.5. The Bertz CT molecular complexity index is 1080. The number of phosphoric acid groups is 1. The summed E-state index contributed by atoms with van der Waals surface area (Å²) in [5, 5.41) is 41.2. The third-order valence-electron chi connectivity index (χ3n) is 4.71. The summed E-state index contributed by atoms with van der Waals surface area (Å²) >= 11 is 0. The molecule has 178 valence electrons. The molecule has 0 spiro atoms. The maximum absolute atomic E-state index is 12.4. The number of aliphatic carboxylic acids is 1. The van der Waals surface area contributed by atoms with E-state index in [1.165, 1.54) is 0 Å². The molecule has 0 aliphatic carbocycles. The Morgan fingerprint density at radius 1 is 1.29 bits per heavy atom. The van der Waals surface area contributed by atoms with Crippen molar-refractivity contribution in [3.05, 3.63) is 16.7 Å². The summed E-state index contributed by atoms with van der Waals surface area (Å²) in [6.07, 6.45) is -4.49. The first-order valence-electron chi connectivity index (χ1n) is 9.30. The van der Waals surface area contributed by atoms with E-state index >= 15 is 0 Å². The number of ether oxygens (including phenoxy) is 1. The Kier molecular flexibility index (Phi) is 15.5. The third-order valence-corrected chi connectivity index (χ3v) is 5.20. The van der Waals surface area contributed by atoms with Crippen molar-refractivity contribution >= 4 is 30.9 Å². The summed E-state index contributed by atoms with van der Waals surface area (Å²) in [5.41, 5.74) is -1.01. The van der Waals surface area contributed by atoms with Crippen LogP contribution in [0.3, 0.4) is 0 Å². The average Bonchev–Trinajstić information content (AvgIpc) is 3.24. The van der Waals surface area contributed by atoms with Crippen molar-refractivity contribution in [3.8, 4) is 0 Å². The molecule has 35 heavy (non-hydrogen) atoms. The smallest absolute Gasteiger partial charge is 0.480 e. The molecule has 20 heteroatoms. The van der Waals surface area contributed by atoms with Gasteiger partial charge in [-0.05, 0) is 12.8 Å². The number of H-pyrrole nitrogens is 1. The number of carboxylic acid groups (broad SMARTS) is 1. The molecule has 1 fully saturated rings. The Labute approximate surface area is 263 Å². The van der Waals surface area contributed by atoms with Gasteiger partial charge < -0.3 is 40.3 Å². The number of nitrogens with one attached hydrogen (secondary N) is 2. The molecule has 1 saturated heterocycles. The van der Waals surface area contributed by atoms with Crippen LogP contribution in [0.1, 0.15) is 19.1 Å². The van der Waals surface area contributed by atoms with Crippen molar-refractivity contribution in [1.29, 1.82) is 0 Å². The number of imidazole rings is 1. The fourth-order valence-electron chi connectivity index (χ4n) is 3.17. The molecule has 0 bridgehead atoms. The summed E-state index contributed by atoms with van der Waals surface area (Å²) in [6.45, 7) is -0.953. The number of aromatic amines is 1. The number of phosphoric ester groups is 1. The van der Waals surface area contributed by atoms with Gasteiger partial charge in [0.15, 0.2) is 17.4 Å². The maximum Gasteiger partial charge on any atom is 1.00 e. The van der Waals surface area contributed by atoms with Crippen molar-refractivity contribution in [2.24, 2.45) is 0 Å². The maximum atomic E-state index is 12.4. The number of rotatable bonds is 10. The molecule has 3 rings (SSSR count). The van der Waals surface area contributed by atoms with E-state index in [1.807, 2.05) is 0 Å². The number of carboxylic acids is 1. The molecule has 2 aromatic rings. The predicted octanol–water partition coefficient (Wildman–Crippen LogP) is -11.5. The molecular weight excluding hydrogens is 526 g/mol. The average molecular weight is 548 g/mol. The van der Waals surface area contributed by atoms with Gasteiger partial charge in [0.25, 0.3) is 5.56 Å². The summed E-state index contributed by atoms with van der Waals surface area (Å²) in [5.74, 6) is -1.45. The van der Waals surface area contributed by atoms with Crippen LogP contribution in [-0.4, -0.2) is 93.3 Å². The molecule has 2 aromatic heterocycles. The molecule has 8 N–H and O–H groups in total. The van der Waals surface area contributed by atoms with Crippen molar-refractivity contribution in [2.75, 3.05) is 18.5 Å². The molecule has 0 aromatic carbocycles. The van der Waals surface area contributed by atoms with Crippen LogP contribution in [0.15, 0.2) is 11.1 Å². The number of aliphatic hydroxyl groups excluding tert-OH is 3. The van der Waals surface area contributed by atoms with E-state index in [2.05, 4.69) is 24.8 Å².